The van der Waals surface area contributed by atoms with Crippen LogP contribution in [0.5, 0.6) is 0 Å². The third-order valence-corrected chi connectivity index (χ3v) is 3.12. The highest BCUT2D eigenvalue weighted by Crippen LogP contribution is 2.27. The van der Waals surface area contributed by atoms with Crippen LogP contribution in [0.4, 0.5) is 5.69 Å². The van der Waals surface area contributed by atoms with E-state index in [1.54, 1.807) is 0 Å². The first kappa shape index (κ1) is 13.9. The third kappa shape index (κ3) is 4.66. The molecule has 92 valence electrons. The van der Waals surface area contributed by atoms with Gasteiger partial charge in [-0.25, -0.2) is 0 Å². The van der Waals surface area contributed by atoms with Crippen molar-refractivity contribution in [2.75, 3.05) is 11.9 Å². The third-order valence-electron chi connectivity index (χ3n) is 2.79. The number of hydrogen-bond acceptors (Lipinski definition) is 2. The van der Waals surface area contributed by atoms with E-state index in [4.69, 9.17) is 16.9 Å². The van der Waals surface area contributed by atoms with Gasteiger partial charge < -0.3 is 5.32 Å². The lowest BCUT2D eigenvalue weighted by atomic mass is 9.88. The van der Waals surface area contributed by atoms with Crippen LogP contribution >= 0.6 is 11.6 Å². The van der Waals surface area contributed by atoms with Gasteiger partial charge in [-0.1, -0.05) is 31.5 Å². The fourth-order valence-electron chi connectivity index (χ4n) is 1.59. The Morgan fingerprint density at radius 1 is 1.41 bits per heavy atom. The fourth-order valence-corrected chi connectivity index (χ4v) is 1.78. The molecular formula is C14H19ClN2. The molecule has 0 atom stereocenters. The molecule has 0 fully saturated rings. The van der Waals surface area contributed by atoms with Crippen molar-refractivity contribution in [3.05, 3.63) is 28.8 Å². The molecule has 0 unspecified atom stereocenters. The van der Waals surface area contributed by atoms with E-state index >= 15 is 0 Å². The Hall–Kier alpha value is -1.20. The largest absolute Gasteiger partial charge is 0.383 e. The smallest absolute Gasteiger partial charge is 0.0637 e. The average molecular weight is 251 g/mol. The van der Waals surface area contributed by atoms with E-state index < -0.39 is 0 Å². The standard InChI is InChI=1S/C14H19ClN2/c1-11-5-6-12(15)13(9-11)17-10-14(2,3)7-4-8-16/h5-6,9,17H,4,7,10H2,1-3H3. The van der Waals surface area contributed by atoms with Crippen molar-refractivity contribution in [2.45, 2.75) is 33.6 Å². The predicted octanol–water partition coefficient (Wildman–Crippen LogP) is 4.39. The van der Waals surface area contributed by atoms with Crippen LogP contribution in [0, 0.1) is 23.7 Å². The summed E-state index contributed by atoms with van der Waals surface area (Å²) >= 11 is 6.11. The number of hydrogen-bond donors (Lipinski definition) is 1. The zero-order chi connectivity index (χ0) is 12.9. The molecule has 0 aromatic heterocycles. The molecule has 0 aliphatic rings. The van der Waals surface area contributed by atoms with Gasteiger partial charge in [-0.15, -0.1) is 0 Å². The number of benzene rings is 1. The molecule has 1 aromatic carbocycles. The minimum atomic E-state index is 0.100. The van der Waals surface area contributed by atoms with E-state index in [0.29, 0.717) is 6.42 Å². The molecule has 1 aromatic rings. The van der Waals surface area contributed by atoms with Gasteiger partial charge >= 0.3 is 0 Å². The van der Waals surface area contributed by atoms with Crippen LogP contribution in [0.3, 0.4) is 0 Å². The van der Waals surface area contributed by atoms with Crippen molar-refractivity contribution in [2.24, 2.45) is 5.41 Å². The van der Waals surface area contributed by atoms with Gasteiger partial charge in [0.15, 0.2) is 0 Å². The fraction of sp³-hybridized carbons (Fsp3) is 0.500. The molecular weight excluding hydrogens is 232 g/mol. The van der Waals surface area contributed by atoms with Crippen LogP contribution in [-0.2, 0) is 0 Å². The molecule has 17 heavy (non-hydrogen) atoms. The van der Waals surface area contributed by atoms with Gasteiger partial charge in [0.25, 0.3) is 0 Å². The van der Waals surface area contributed by atoms with Gasteiger partial charge in [0, 0.05) is 13.0 Å². The maximum atomic E-state index is 8.60. The molecule has 0 saturated carbocycles. The summed E-state index contributed by atoms with van der Waals surface area (Å²) in [4.78, 5) is 0. The number of anilines is 1. The Morgan fingerprint density at radius 2 is 2.12 bits per heavy atom. The first-order valence-corrected chi connectivity index (χ1v) is 6.19. The van der Waals surface area contributed by atoms with Gasteiger partial charge in [0.2, 0.25) is 0 Å². The molecule has 2 nitrogen and oxygen atoms in total. The van der Waals surface area contributed by atoms with Gasteiger partial charge in [-0.05, 0) is 36.5 Å². The van der Waals surface area contributed by atoms with E-state index in [1.807, 2.05) is 25.1 Å². The Balaban J connectivity index is 2.61. The molecule has 0 saturated heterocycles. The van der Waals surface area contributed by atoms with Gasteiger partial charge in [0.05, 0.1) is 16.8 Å². The van der Waals surface area contributed by atoms with Crippen molar-refractivity contribution in [1.82, 2.24) is 0 Å². The molecule has 0 aliphatic carbocycles. The summed E-state index contributed by atoms with van der Waals surface area (Å²) in [7, 11) is 0. The highest BCUT2D eigenvalue weighted by Gasteiger charge is 2.17. The van der Waals surface area contributed by atoms with E-state index in [9.17, 15) is 0 Å². The zero-order valence-electron chi connectivity index (χ0n) is 10.7. The van der Waals surface area contributed by atoms with Crippen LogP contribution < -0.4 is 5.32 Å². The zero-order valence-corrected chi connectivity index (χ0v) is 11.4. The normalized spacial score (nSPS) is 11.0. The molecule has 0 heterocycles. The summed E-state index contributed by atoms with van der Waals surface area (Å²) in [6.07, 6.45) is 1.48. The molecule has 0 amide bonds. The Bertz CT molecular complexity index is 419. The molecule has 0 radical (unpaired) electrons. The minimum Gasteiger partial charge on any atom is -0.383 e. The van der Waals surface area contributed by atoms with E-state index in [2.05, 4.69) is 25.2 Å². The topological polar surface area (TPSA) is 35.8 Å². The van der Waals surface area contributed by atoms with Crippen LogP contribution in [0.1, 0.15) is 32.3 Å². The van der Waals surface area contributed by atoms with Crippen molar-refractivity contribution < 1.29 is 0 Å². The maximum absolute atomic E-state index is 8.60. The first-order valence-electron chi connectivity index (χ1n) is 5.81. The highest BCUT2D eigenvalue weighted by atomic mass is 35.5. The quantitative estimate of drug-likeness (QED) is 0.841. The van der Waals surface area contributed by atoms with Gasteiger partial charge in [0.1, 0.15) is 0 Å². The van der Waals surface area contributed by atoms with Crippen molar-refractivity contribution in [3.8, 4) is 6.07 Å². The van der Waals surface area contributed by atoms with Crippen LogP contribution in [0.2, 0.25) is 5.02 Å². The summed E-state index contributed by atoms with van der Waals surface area (Å²) in [5.74, 6) is 0. The van der Waals surface area contributed by atoms with Crippen LogP contribution in [0.25, 0.3) is 0 Å². The Kier molecular flexibility index (Phi) is 4.84. The summed E-state index contributed by atoms with van der Waals surface area (Å²) in [6, 6.07) is 8.13. The number of nitrogens with zero attached hydrogens (tertiary/aromatic N) is 1. The SMILES string of the molecule is Cc1ccc(Cl)c(NCC(C)(C)CCC#N)c1. The minimum absolute atomic E-state index is 0.100. The molecule has 0 aliphatic heterocycles. The lowest BCUT2D eigenvalue weighted by Crippen LogP contribution is -2.23. The first-order chi connectivity index (χ1) is 7.94. The lowest BCUT2D eigenvalue weighted by molar-refractivity contribution is 0.364. The highest BCUT2D eigenvalue weighted by molar-refractivity contribution is 6.33. The van der Waals surface area contributed by atoms with Gasteiger partial charge in [-0.2, -0.15) is 5.26 Å². The number of rotatable bonds is 5. The second-order valence-electron chi connectivity index (χ2n) is 5.16. The van der Waals surface area contributed by atoms with Crippen LogP contribution in [-0.4, -0.2) is 6.54 Å². The van der Waals surface area contributed by atoms with E-state index in [0.717, 1.165) is 23.7 Å². The van der Waals surface area contributed by atoms with Gasteiger partial charge in [-0.3, -0.25) is 0 Å². The molecule has 0 spiro atoms. The van der Waals surface area contributed by atoms with Crippen molar-refractivity contribution >= 4 is 17.3 Å². The number of nitriles is 1. The summed E-state index contributed by atoms with van der Waals surface area (Å²) < 4.78 is 0. The summed E-state index contributed by atoms with van der Waals surface area (Å²) in [5, 5.41) is 12.7. The second kappa shape index (κ2) is 5.93. The Labute approximate surface area is 109 Å². The molecule has 1 rings (SSSR count). The monoisotopic (exact) mass is 250 g/mol. The Morgan fingerprint density at radius 3 is 2.76 bits per heavy atom. The average Bonchev–Trinajstić information content (AvgIpc) is 2.28. The molecule has 1 N–H and O–H groups in total. The van der Waals surface area contributed by atoms with Crippen LogP contribution in [0.15, 0.2) is 18.2 Å². The van der Waals surface area contributed by atoms with E-state index in [1.165, 1.54) is 5.56 Å². The number of halogens is 1. The second-order valence-corrected chi connectivity index (χ2v) is 5.57. The maximum Gasteiger partial charge on any atom is 0.0637 e. The number of aryl methyl sites for hydroxylation is 1. The molecule has 0 bridgehead atoms. The summed E-state index contributed by atoms with van der Waals surface area (Å²) in [6.45, 7) is 7.17. The van der Waals surface area contributed by atoms with Crippen molar-refractivity contribution in [1.29, 1.82) is 5.26 Å². The summed E-state index contributed by atoms with van der Waals surface area (Å²) in [5.41, 5.74) is 2.26. The molecule has 3 heteroatoms. The predicted molar refractivity (Wildman–Crippen MR) is 73.3 cm³/mol. The van der Waals surface area contributed by atoms with Crippen molar-refractivity contribution in [3.63, 3.8) is 0 Å². The lowest BCUT2D eigenvalue weighted by Gasteiger charge is -2.24. The van der Waals surface area contributed by atoms with E-state index in [-0.39, 0.29) is 5.41 Å². The number of nitrogens with one attached hydrogen (secondary N) is 1.